The first kappa shape index (κ1) is 17.4. The number of rotatable bonds is 5. The topological polar surface area (TPSA) is 77.9 Å². The number of hydrazine groups is 1. The molecule has 0 bridgehead atoms. The molecule has 1 aromatic carbocycles. The van der Waals surface area contributed by atoms with Gasteiger partial charge in [0.05, 0.1) is 6.33 Å². The van der Waals surface area contributed by atoms with Crippen LogP contribution in [0.4, 0.5) is 19.0 Å². The molecule has 1 unspecified atom stereocenters. The fraction of sp³-hybridized carbons (Fsp3) is 0.353. The number of aromatic nitrogens is 2. The first-order valence-electron chi connectivity index (χ1n) is 8.55. The standard InChI is InChI=1S/C17H17F3N6O/c1-2-3-4-12-23-16-13-14(22-9-21-13)24-15(26(16)25-12)10-5-7-11(8-6-10)27-17(18,19)20/h5-9,16H,2-4H2,1H3,(H,21,22)(H,23,25). The van der Waals surface area contributed by atoms with Crippen LogP contribution >= 0.6 is 0 Å². The fourth-order valence-corrected chi connectivity index (χ4v) is 3.00. The van der Waals surface area contributed by atoms with Crippen LogP contribution in [0, 0.1) is 0 Å². The van der Waals surface area contributed by atoms with Gasteiger partial charge < -0.3 is 9.72 Å². The van der Waals surface area contributed by atoms with Crippen molar-refractivity contribution in [3.63, 3.8) is 0 Å². The normalized spacial score (nSPS) is 18.4. The quantitative estimate of drug-likeness (QED) is 0.829. The van der Waals surface area contributed by atoms with Crippen LogP contribution in [-0.4, -0.2) is 33.0 Å². The minimum Gasteiger partial charge on any atom is -0.406 e. The molecule has 0 saturated heterocycles. The lowest BCUT2D eigenvalue weighted by Crippen LogP contribution is -2.44. The summed E-state index contributed by atoms with van der Waals surface area (Å²) in [6, 6.07) is 5.57. The molecule has 7 nitrogen and oxygen atoms in total. The second-order valence-electron chi connectivity index (χ2n) is 6.18. The zero-order valence-electron chi connectivity index (χ0n) is 14.4. The Kier molecular flexibility index (Phi) is 4.25. The molecule has 10 heteroatoms. The summed E-state index contributed by atoms with van der Waals surface area (Å²) in [5.74, 6) is 1.61. The molecule has 2 aliphatic heterocycles. The third-order valence-electron chi connectivity index (χ3n) is 4.23. The van der Waals surface area contributed by atoms with Gasteiger partial charge in [-0.2, -0.15) is 0 Å². The van der Waals surface area contributed by atoms with Crippen LogP contribution in [0.2, 0.25) is 0 Å². The van der Waals surface area contributed by atoms with E-state index >= 15 is 0 Å². The number of alkyl halides is 3. The predicted octanol–water partition coefficient (Wildman–Crippen LogP) is 3.81. The van der Waals surface area contributed by atoms with E-state index in [4.69, 9.17) is 4.99 Å². The van der Waals surface area contributed by atoms with E-state index in [0.717, 1.165) is 30.8 Å². The molecule has 0 aliphatic carbocycles. The van der Waals surface area contributed by atoms with E-state index in [0.29, 0.717) is 17.2 Å². The van der Waals surface area contributed by atoms with Crippen LogP contribution in [0.5, 0.6) is 5.75 Å². The van der Waals surface area contributed by atoms with Crippen molar-refractivity contribution in [2.45, 2.75) is 38.7 Å². The van der Waals surface area contributed by atoms with E-state index in [2.05, 4.69) is 32.0 Å². The maximum absolute atomic E-state index is 12.4. The summed E-state index contributed by atoms with van der Waals surface area (Å²) in [4.78, 5) is 16.5. The van der Waals surface area contributed by atoms with E-state index in [1.807, 2.05) is 0 Å². The summed E-state index contributed by atoms with van der Waals surface area (Å²) >= 11 is 0. The summed E-state index contributed by atoms with van der Waals surface area (Å²) in [6.07, 6.45) is -0.668. The van der Waals surface area contributed by atoms with Crippen LogP contribution in [0.1, 0.15) is 43.6 Å². The maximum Gasteiger partial charge on any atom is 0.573 e. The number of halogens is 3. The number of H-pyrrole nitrogens is 1. The van der Waals surface area contributed by atoms with E-state index < -0.39 is 6.36 Å². The Balaban J connectivity index is 1.63. The van der Waals surface area contributed by atoms with Crippen molar-refractivity contribution < 1.29 is 17.9 Å². The lowest BCUT2D eigenvalue weighted by atomic mass is 10.1. The Hall–Kier alpha value is -3.04. The Morgan fingerprint density at radius 2 is 2.00 bits per heavy atom. The molecule has 0 fully saturated rings. The molecule has 1 atom stereocenters. The highest BCUT2D eigenvalue weighted by Gasteiger charge is 2.37. The summed E-state index contributed by atoms with van der Waals surface area (Å²) < 4.78 is 41.0. The van der Waals surface area contributed by atoms with Crippen molar-refractivity contribution in [2.75, 3.05) is 0 Å². The van der Waals surface area contributed by atoms with Crippen LogP contribution in [-0.2, 0) is 0 Å². The van der Waals surface area contributed by atoms with Crippen molar-refractivity contribution in [3.05, 3.63) is 41.9 Å². The molecule has 3 heterocycles. The van der Waals surface area contributed by atoms with Crippen molar-refractivity contribution in [2.24, 2.45) is 9.98 Å². The average molecular weight is 378 g/mol. The smallest absolute Gasteiger partial charge is 0.406 e. The van der Waals surface area contributed by atoms with Gasteiger partial charge in [0, 0.05) is 12.0 Å². The average Bonchev–Trinajstić information content (AvgIpc) is 3.24. The number of aromatic amines is 1. The van der Waals surface area contributed by atoms with Crippen LogP contribution in [0.3, 0.4) is 0 Å². The number of unbranched alkanes of at least 4 members (excludes halogenated alkanes) is 1. The third-order valence-corrected chi connectivity index (χ3v) is 4.23. The zero-order valence-corrected chi connectivity index (χ0v) is 14.4. The molecular weight excluding hydrogens is 361 g/mol. The molecule has 0 amide bonds. The summed E-state index contributed by atoms with van der Waals surface area (Å²) in [5.41, 5.74) is 4.65. The van der Waals surface area contributed by atoms with Gasteiger partial charge in [-0.15, -0.1) is 13.2 Å². The summed E-state index contributed by atoms with van der Waals surface area (Å²) in [7, 11) is 0. The first-order valence-corrected chi connectivity index (χ1v) is 8.55. The Morgan fingerprint density at radius 1 is 1.22 bits per heavy atom. The number of imidazole rings is 1. The zero-order chi connectivity index (χ0) is 19.0. The minimum atomic E-state index is -4.72. The SMILES string of the molecule is CCCCC1=NC2c3[nH]cnc3N=C(c3ccc(OC(F)(F)F)cc3)N2N1. The van der Waals surface area contributed by atoms with Crippen molar-refractivity contribution in [1.82, 2.24) is 20.4 Å². The molecule has 2 N–H and O–H groups in total. The number of ether oxygens (including phenoxy) is 1. The molecule has 142 valence electrons. The van der Waals surface area contributed by atoms with E-state index in [-0.39, 0.29) is 11.9 Å². The molecule has 4 rings (SSSR count). The van der Waals surface area contributed by atoms with Crippen LogP contribution in [0.25, 0.3) is 0 Å². The second kappa shape index (κ2) is 6.60. The van der Waals surface area contributed by atoms with Crippen LogP contribution < -0.4 is 10.2 Å². The van der Waals surface area contributed by atoms with Gasteiger partial charge in [-0.05, 0) is 30.7 Å². The highest BCUT2D eigenvalue weighted by atomic mass is 19.4. The number of nitrogens with one attached hydrogen (secondary N) is 2. The molecule has 27 heavy (non-hydrogen) atoms. The highest BCUT2D eigenvalue weighted by molar-refractivity contribution is 6.03. The molecule has 2 aromatic rings. The number of nitrogens with zero attached hydrogens (tertiary/aromatic N) is 4. The monoisotopic (exact) mass is 378 g/mol. The molecule has 0 spiro atoms. The fourth-order valence-electron chi connectivity index (χ4n) is 3.00. The lowest BCUT2D eigenvalue weighted by Gasteiger charge is -2.29. The Bertz CT molecular complexity index is 887. The van der Waals surface area contributed by atoms with Gasteiger partial charge in [-0.1, -0.05) is 13.3 Å². The minimum absolute atomic E-state index is 0.283. The molecule has 0 saturated carbocycles. The van der Waals surface area contributed by atoms with Gasteiger partial charge in [0.15, 0.2) is 17.8 Å². The van der Waals surface area contributed by atoms with Gasteiger partial charge in [-0.3, -0.25) is 5.43 Å². The van der Waals surface area contributed by atoms with Gasteiger partial charge >= 0.3 is 6.36 Å². The number of hydrogen-bond acceptors (Lipinski definition) is 6. The number of fused-ring (bicyclic) bond motifs is 3. The Morgan fingerprint density at radius 3 is 2.70 bits per heavy atom. The van der Waals surface area contributed by atoms with E-state index in [1.165, 1.54) is 24.3 Å². The Labute approximate surface area is 153 Å². The predicted molar refractivity (Wildman–Crippen MR) is 92.6 cm³/mol. The van der Waals surface area contributed by atoms with Gasteiger partial charge in [0.2, 0.25) is 0 Å². The van der Waals surface area contributed by atoms with E-state index in [9.17, 15) is 13.2 Å². The van der Waals surface area contributed by atoms with Gasteiger partial charge in [0.25, 0.3) is 0 Å². The number of hydrogen-bond donors (Lipinski definition) is 2. The van der Waals surface area contributed by atoms with Gasteiger partial charge in [-0.25, -0.2) is 20.0 Å². The number of benzene rings is 1. The maximum atomic E-state index is 12.4. The molecular formula is C17H17F3N6O. The first-order chi connectivity index (χ1) is 12.9. The van der Waals surface area contributed by atoms with Crippen molar-refractivity contribution in [1.29, 1.82) is 0 Å². The largest absolute Gasteiger partial charge is 0.573 e. The molecule has 2 aliphatic rings. The van der Waals surface area contributed by atoms with Crippen molar-refractivity contribution >= 4 is 17.5 Å². The number of amidine groups is 2. The summed E-state index contributed by atoms with van der Waals surface area (Å²) in [6.45, 7) is 2.10. The lowest BCUT2D eigenvalue weighted by molar-refractivity contribution is -0.274. The summed E-state index contributed by atoms with van der Waals surface area (Å²) in [5, 5.41) is 1.80. The third kappa shape index (κ3) is 3.46. The number of aliphatic imine (C=N–C) groups is 2. The van der Waals surface area contributed by atoms with E-state index in [1.54, 1.807) is 11.3 Å². The van der Waals surface area contributed by atoms with Gasteiger partial charge in [0.1, 0.15) is 17.3 Å². The second-order valence-corrected chi connectivity index (χ2v) is 6.18. The highest BCUT2D eigenvalue weighted by Crippen LogP contribution is 2.36. The molecule has 1 aromatic heterocycles. The van der Waals surface area contributed by atoms with Crippen molar-refractivity contribution in [3.8, 4) is 5.75 Å². The van der Waals surface area contributed by atoms with Crippen LogP contribution in [0.15, 0.2) is 40.6 Å². The molecule has 0 radical (unpaired) electrons.